The lowest BCUT2D eigenvalue weighted by Gasteiger charge is -2.27. The Morgan fingerprint density at radius 1 is 1.25 bits per heavy atom. The van der Waals surface area contributed by atoms with Crippen molar-refractivity contribution < 1.29 is 4.79 Å². The molecule has 1 amide bonds. The Balaban J connectivity index is 2.26. The zero-order chi connectivity index (χ0) is 11.4. The Labute approximate surface area is 96.6 Å². The quantitative estimate of drug-likeness (QED) is 0.692. The van der Waals surface area contributed by atoms with Gasteiger partial charge in [-0.25, -0.2) is 0 Å². The first-order chi connectivity index (χ1) is 7.79. The second kappa shape index (κ2) is 4.97. The van der Waals surface area contributed by atoms with Crippen molar-refractivity contribution >= 4 is 5.91 Å². The fourth-order valence-corrected chi connectivity index (χ4v) is 2.09. The topological polar surface area (TPSA) is 20.3 Å². The first-order valence-electron chi connectivity index (χ1n) is 5.82. The van der Waals surface area contributed by atoms with E-state index in [4.69, 9.17) is 0 Å². The number of carbonyl (C=O) groups is 1. The Kier molecular flexibility index (Phi) is 3.40. The standard InChI is InChI=1S/C14H17NO/c1-12(16)15(13-8-4-2-5-9-13)14-10-6-3-7-11-14/h2,4,6,8,10-11H,3,5,7,9H2,1H3. The van der Waals surface area contributed by atoms with E-state index >= 15 is 0 Å². The zero-order valence-electron chi connectivity index (χ0n) is 9.65. The van der Waals surface area contributed by atoms with Gasteiger partial charge in [-0.3, -0.25) is 9.69 Å². The van der Waals surface area contributed by atoms with Crippen LogP contribution < -0.4 is 0 Å². The number of amides is 1. The van der Waals surface area contributed by atoms with Crippen molar-refractivity contribution in [2.45, 2.75) is 32.6 Å². The van der Waals surface area contributed by atoms with Gasteiger partial charge in [-0.05, 0) is 37.8 Å². The summed E-state index contributed by atoms with van der Waals surface area (Å²) < 4.78 is 0. The summed E-state index contributed by atoms with van der Waals surface area (Å²) in [5, 5.41) is 0. The van der Waals surface area contributed by atoms with Crippen LogP contribution in [0.25, 0.3) is 0 Å². The van der Waals surface area contributed by atoms with Crippen molar-refractivity contribution in [1.29, 1.82) is 0 Å². The van der Waals surface area contributed by atoms with Gasteiger partial charge in [-0.15, -0.1) is 0 Å². The van der Waals surface area contributed by atoms with Gasteiger partial charge in [-0.2, -0.15) is 0 Å². The van der Waals surface area contributed by atoms with Gasteiger partial charge < -0.3 is 0 Å². The molecule has 0 saturated heterocycles. The molecule has 0 spiro atoms. The van der Waals surface area contributed by atoms with E-state index < -0.39 is 0 Å². The predicted molar refractivity (Wildman–Crippen MR) is 65.4 cm³/mol. The molecular weight excluding hydrogens is 198 g/mol. The molecule has 0 aromatic rings. The van der Waals surface area contributed by atoms with E-state index in [1.165, 1.54) is 0 Å². The second-order valence-corrected chi connectivity index (χ2v) is 4.09. The van der Waals surface area contributed by atoms with Crippen LogP contribution in [0.4, 0.5) is 0 Å². The fraction of sp³-hybridized carbons (Fsp3) is 0.357. The van der Waals surface area contributed by atoms with Crippen LogP contribution in [-0.2, 0) is 4.79 Å². The summed E-state index contributed by atoms with van der Waals surface area (Å²) in [6.45, 7) is 1.63. The highest BCUT2D eigenvalue weighted by atomic mass is 16.2. The van der Waals surface area contributed by atoms with E-state index in [0.29, 0.717) is 0 Å². The summed E-state index contributed by atoms with van der Waals surface area (Å²) in [5.41, 5.74) is 2.13. The minimum Gasteiger partial charge on any atom is -0.285 e. The molecule has 0 bridgehead atoms. The lowest BCUT2D eigenvalue weighted by atomic mass is 10.1. The number of allylic oxidation sites excluding steroid dienone is 7. The summed E-state index contributed by atoms with van der Waals surface area (Å²) >= 11 is 0. The number of nitrogens with zero attached hydrogens (tertiary/aromatic N) is 1. The molecule has 2 nitrogen and oxygen atoms in total. The third-order valence-corrected chi connectivity index (χ3v) is 2.83. The molecule has 0 aromatic heterocycles. The van der Waals surface area contributed by atoms with Gasteiger partial charge in [-0.1, -0.05) is 24.3 Å². The van der Waals surface area contributed by atoms with Gasteiger partial charge in [0, 0.05) is 18.3 Å². The maximum atomic E-state index is 11.7. The van der Waals surface area contributed by atoms with Crippen molar-refractivity contribution in [2.75, 3.05) is 0 Å². The highest BCUT2D eigenvalue weighted by Crippen LogP contribution is 2.24. The van der Waals surface area contributed by atoms with E-state index in [9.17, 15) is 4.79 Å². The summed E-state index contributed by atoms with van der Waals surface area (Å²) in [6, 6.07) is 0. The Hall–Kier alpha value is -1.57. The van der Waals surface area contributed by atoms with Crippen LogP contribution in [0.5, 0.6) is 0 Å². The minimum atomic E-state index is 0.0966. The Morgan fingerprint density at radius 2 is 2.12 bits per heavy atom. The highest BCUT2D eigenvalue weighted by molar-refractivity contribution is 5.78. The van der Waals surface area contributed by atoms with Crippen LogP contribution in [-0.4, -0.2) is 10.8 Å². The monoisotopic (exact) mass is 215 g/mol. The van der Waals surface area contributed by atoms with Crippen molar-refractivity contribution in [2.24, 2.45) is 0 Å². The molecule has 16 heavy (non-hydrogen) atoms. The van der Waals surface area contributed by atoms with Crippen LogP contribution in [0.2, 0.25) is 0 Å². The van der Waals surface area contributed by atoms with E-state index in [2.05, 4.69) is 18.2 Å². The molecule has 2 aliphatic carbocycles. The molecule has 0 fully saturated rings. The van der Waals surface area contributed by atoms with Crippen LogP contribution in [0.15, 0.2) is 47.9 Å². The summed E-state index contributed by atoms with van der Waals surface area (Å²) in [7, 11) is 0. The van der Waals surface area contributed by atoms with E-state index in [1.54, 1.807) is 6.92 Å². The van der Waals surface area contributed by atoms with Crippen LogP contribution in [0, 0.1) is 0 Å². The molecule has 2 aliphatic rings. The third kappa shape index (κ3) is 2.32. The van der Waals surface area contributed by atoms with E-state index in [0.717, 1.165) is 37.1 Å². The summed E-state index contributed by atoms with van der Waals surface area (Å²) in [4.78, 5) is 13.6. The van der Waals surface area contributed by atoms with Crippen LogP contribution in [0.3, 0.4) is 0 Å². The molecule has 0 aliphatic heterocycles. The van der Waals surface area contributed by atoms with Gasteiger partial charge in [0.25, 0.3) is 0 Å². The van der Waals surface area contributed by atoms with Gasteiger partial charge in [0.1, 0.15) is 0 Å². The van der Waals surface area contributed by atoms with Gasteiger partial charge in [0.2, 0.25) is 5.91 Å². The largest absolute Gasteiger partial charge is 0.285 e. The van der Waals surface area contributed by atoms with Gasteiger partial charge in [0.15, 0.2) is 0 Å². The highest BCUT2D eigenvalue weighted by Gasteiger charge is 2.18. The normalized spacial score (nSPS) is 19.1. The summed E-state index contributed by atoms with van der Waals surface area (Å²) in [6.07, 6.45) is 16.6. The van der Waals surface area contributed by atoms with Gasteiger partial charge >= 0.3 is 0 Å². The molecule has 0 atom stereocenters. The molecule has 0 heterocycles. The minimum absolute atomic E-state index is 0.0966. The predicted octanol–water partition coefficient (Wildman–Crippen LogP) is 3.30. The molecule has 0 unspecified atom stereocenters. The van der Waals surface area contributed by atoms with E-state index in [1.807, 2.05) is 23.1 Å². The maximum Gasteiger partial charge on any atom is 0.228 e. The van der Waals surface area contributed by atoms with Crippen LogP contribution >= 0.6 is 0 Å². The first kappa shape index (κ1) is 10.9. The average molecular weight is 215 g/mol. The molecule has 0 aromatic carbocycles. The van der Waals surface area contributed by atoms with Crippen LogP contribution in [0.1, 0.15) is 32.6 Å². The van der Waals surface area contributed by atoms with E-state index in [-0.39, 0.29) is 5.91 Å². The molecule has 0 radical (unpaired) electrons. The average Bonchev–Trinajstić information content (AvgIpc) is 2.31. The number of hydrogen-bond donors (Lipinski definition) is 0. The molecule has 0 saturated carbocycles. The lowest BCUT2D eigenvalue weighted by molar-refractivity contribution is -0.125. The summed E-state index contributed by atoms with van der Waals surface area (Å²) in [5.74, 6) is 0.0966. The molecule has 2 rings (SSSR count). The zero-order valence-corrected chi connectivity index (χ0v) is 9.65. The molecular formula is C14H17NO. The Bertz CT molecular complexity index is 399. The number of carbonyl (C=O) groups excluding carboxylic acids is 1. The third-order valence-electron chi connectivity index (χ3n) is 2.83. The number of rotatable bonds is 2. The van der Waals surface area contributed by atoms with Crippen molar-refractivity contribution in [3.8, 4) is 0 Å². The molecule has 84 valence electrons. The van der Waals surface area contributed by atoms with Crippen molar-refractivity contribution in [1.82, 2.24) is 4.90 Å². The fourth-order valence-electron chi connectivity index (χ4n) is 2.09. The first-order valence-corrected chi connectivity index (χ1v) is 5.82. The Morgan fingerprint density at radius 3 is 2.69 bits per heavy atom. The van der Waals surface area contributed by atoms with Crippen molar-refractivity contribution in [3.05, 3.63) is 47.9 Å². The lowest BCUT2D eigenvalue weighted by Crippen LogP contribution is -2.27. The second-order valence-electron chi connectivity index (χ2n) is 4.09. The smallest absolute Gasteiger partial charge is 0.228 e. The maximum absolute atomic E-state index is 11.7. The van der Waals surface area contributed by atoms with Gasteiger partial charge in [0.05, 0.1) is 0 Å². The van der Waals surface area contributed by atoms with Crippen molar-refractivity contribution in [3.63, 3.8) is 0 Å². The SMILES string of the molecule is CC(=O)N(C1=CCCC=C1)C1=CC=CCC1. The molecule has 2 heteroatoms. The molecule has 0 N–H and O–H groups in total. The number of hydrogen-bond acceptors (Lipinski definition) is 1.